The number of aromatic nitrogens is 4. The second-order valence-electron chi connectivity index (χ2n) is 4.08. The normalized spacial score (nSPS) is 12.6. The summed E-state index contributed by atoms with van der Waals surface area (Å²) in [6, 6.07) is 10.4. The van der Waals surface area contributed by atoms with Crippen LogP contribution >= 0.6 is 11.8 Å². The average Bonchev–Trinajstić information content (AvgIpc) is 2.86. The molecule has 0 saturated heterocycles. The van der Waals surface area contributed by atoms with Crippen molar-refractivity contribution in [2.45, 2.75) is 19.5 Å². The summed E-state index contributed by atoms with van der Waals surface area (Å²) in [6.07, 6.45) is 2.10. The molecule has 18 heavy (non-hydrogen) atoms. The zero-order chi connectivity index (χ0) is 12.8. The van der Waals surface area contributed by atoms with E-state index in [1.807, 2.05) is 42.1 Å². The van der Waals surface area contributed by atoms with Crippen molar-refractivity contribution in [3.8, 4) is 5.69 Å². The first-order valence-corrected chi connectivity index (χ1v) is 7.25. The number of nitrogens with one attached hydrogen (secondary N) is 1. The Hall–Kier alpha value is -1.40. The van der Waals surface area contributed by atoms with Gasteiger partial charge in [0.2, 0.25) is 0 Å². The van der Waals surface area contributed by atoms with Gasteiger partial charge >= 0.3 is 0 Å². The first-order valence-electron chi connectivity index (χ1n) is 5.86. The highest BCUT2D eigenvalue weighted by atomic mass is 32.2. The molecule has 1 aromatic carbocycles. The summed E-state index contributed by atoms with van der Waals surface area (Å²) in [6.45, 7) is 2.83. The van der Waals surface area contributed by atoms with Gasteiger partial charge in [0.15, 0.2) is 5.82 Å². The van der Waals surface area contributed by atoms with E-state index in [9.17, 15) is 0 Å². The molecule has 0 spiro atoms. The smallest absolute Gasteiger partial charge is 0.170 e. The van der Waals surface area contributed by atoms with Gasteiger partial charge in [-0.2, -0.15) is 16.4 Å². The van der Waals surface area contributed by atoms with Crippen LogP contribution in [-0.2, 0) is 6.54 Å². The minimum absolute atomic E-state index is 0.445. The maximum absolute atomic E-state index is 4.06. The molecule has 0 aliphatic carbocycles. The molecule has 96 valence electrons. The number of para-hydroxylation sites is 1. The summed E-state index contributed by atoms with van der Waals surface area (Å²) < 4.78 is 1.76. The fourth-order valence-corrected chi connectivity index (χ4v) is 2.28. The van der Waals surface area contributed by atoms with Crippen molar-refractivity contribution in [1.29, 1.82) is 0 Å². The molecule has 5 nitrogen and oxygen atoms in total. The second-order valence-corrected chi connectivity index (χ2v) is 4.99. The van der Waals surface area contributed by atoms with E-state index in [1.165, 1.54) is 0 Å². The third-order valence-corrected chi connectivity index (χ3v) is 3.39. The fraction of sp³-hybridized carbons (Fsp3) is 0.417. The predicted octanol–water partition coefficient (Wildman–Crippen LogP) is 1.50. The Kier molecular flexibility index (Phi) is 4.72. The highest BCUT2D eigenvalue weighted by Gasteiger charge is 2.09. The van der Waals surface area contributed by atoms with Crippen LogP contribution in [0.2, 0.25) is 0 Å². The van der Waals surface area contributed by atoms with Gasteiger partial charge in [-0.25, -0.2) is 0 Å². The molecule has 1 atom stereocenters. The molecule has 2 aromatic rings. The van der Waals surface area contributed by atoms with E-state index < -0.39 is 0 Å². The summed E-state index contributed by atoms with van der Waals surface area (Å²) in [4.78, 5) is 0. The summed E-state index contributed by atoms with van der Waals surface area (Å²) in [5.41, 5.74) is 0.983. The predicted molar refractivity (Wildman–Crippen MR) is 73.8 cm³/mol. The van der Waals surface area contributed by atoms with Gasteiger partial charge in [-0.05, 0) is 35.7 Å². The van der Waals surface area contributed by atoms with Gasteiger partial charge in [-0.15, -0.1) is 5.10 Å². The Morgan fingerprint density at radius 2 is 2.11 bits per heavy atom. The maximum atomic E-state index is 4.06. The largest absolute Gasteiger partial charge is 0.306 e. The molecule has 0 aliphatic heterocycles. The molecule has 0 radical (unpaired) electrons. The van der Waals surface area contributed by atoms with Crippen molar-refractivity contribution < 1.29 is 0 Å². The van der Waals surface area contributed by atoms with Gasteiger partial charge in [-0.1, -0.05) is 18.2 Å². The van der Waals surface area contributed by atoms with Gasteiger partial charge < -0.3 is 5.32 Å². The minimum atomic E-state index is 0.445. The third-order valence-electron chi connectivity index (χ3n) is 2.56. The monoisotopic (exact) mass is 263 g/mol. The molecular formula is C12H17N5S. The van der Waals surface area contributed by atoms with E-state index in [2.05, 4.69) is 34.0 Å². The van der Waals surface area contributed by atoms with Crippen LogP contribution in [0.15, 0.2) is 30.3 Å². The molecule has 0 saturated carbocycles. The van der Waals surface area contributed by atoms with Crippen molar-refractivity contribution in [3.63, 3.8) is 0 Å². The van der Waals surface area contributed by atoms with Gasteiger partial charge in [0.1, 0.15) is 0 Å². The zero-order valence-corrected chi connectivity index (χ0v) is 11.4. The zero-order valence-electron chi connectivity index (χ0n) is 10.6. The minimum Gasteiger partial charge on any atom is -0.306 e. The third kappa shape index (κ3) is 3.30. The number of thioether (sulfide) groups is 1. The average molecular weight is 263 g/mol. The highest BCUT2D eigenvalue weighted by Crippen LogP contribution is 2.07. The molecule has 0 fully saturated rings. The second kappa shape index (κ2) is 6.51. The van der Waals surface area contributed by atoms with Crippen LogP contribution in [0, 0.1) is 0 Å². The van der Waals surface area contributed by atoms with Gasteiger partial charge in [0.05, 0.1) is 12.2 Å². The van der Waals surface area contributed by atoms with Crippen LogP contribution < -0.4 is 5.32 Å². The molecule has 0 aliphatic rings. The van der Waals surface area contributed by atoms with E-state index >= 15 is 0 Å². The van der Waals surface area contributed by atoms with Crippen LogP contribution in [0.1, 0.15) is 12.7 Å². The summed E-state index contributed by atoms with van der Waals surface area (Å²) >= 11 is 1.83. The quantitative estimate of drug-likeness (QED) is 0.856. The topological polar surface area (TPSA) is 55.6 Å². The van der Waals surface area contributed by atoms with Crippen molar-refractivity contribution in [1.82, 2.24) is 25.5 Å². The lowest BCUT2D eigenvalue weighted by molar-refractivity contribution is 0.569. The fourth-order valence-electron chi connectivity index (χ4n) is 1.66. The van der Waals surface area contributed by atoms with Gasteiger partial charge in [-0.3, -0.25) is 0 Å². The van der Waals surface area contributed by atoms with Gasteiger partial charge in [0.25, 0.3) is 0 Å². The number of hydrogen-bond donors (Lipinski definition) is 1. The molecule has 0 bridgehead atoms. The van der Waals surface area contributed by atoms with E-state index in [0.29, 0.717) is 12.6 Å². The summed E-state index contributed by atoms with van der Waals surface area (Å²) in [5, 5.41) is 15.2. The maximum Gasteiger partial charge on any atom is 0.170 e. The number of rotatable bonds is 6. The molecule has 6 heteroatoms. The van der Waals surface area contributed by atoms with Crippen LogP contribution in [0.25, 0.3) is 5.69 Å². The Morgan fingerprint density at radius 3 is 2.83 bits per heavy atom. The Bertz CT molecular complexity index is 470. The molecule has 0 amide bonds. The van der Waals surface area contributed by atoms with E-state index in [-0.39, 0.29) is 0 Å². The number of tetrazole rings is 1. The number of hydrogen-bond acceptors (Lipinski definition) is 5. The molecule has 1 aromatic heterocycles. The lowest BCUT2D eigenvalue weighted by Gasteiger charge is -2.11. The van der Waals surface area contributed by atoms with Crippen LogP contribution in [0.4, 0.5) is 0 Å². The molecule has 1 unspecified atom stereocenters. The Morgan fingerprint density at radius 1 is 1.33 bits per heavy atom. The van der Waals surface area contributed by atoms with Crippen molar-refractivity contribution in [2.24, 2.45) is 0 Å². The summed E-state index contributed by atoms with van der Waals surface area (Å²) in [7, 11) is 0. The van der Waals surface area contributed by atoms with Crippen LogP contribution in [0.3, 0.4) is 0 Å². The first kappa shape index (κ1) is 13.0. The van der Waals surface area contributed by atoms with Gasteiger partial charge in [0, 0.05) is 11.8 Å². The lowest BCUT2D eigenvalue weighted by Crippen LogP contribution is -2.28. The van der Waals surface area contributed by atoms with E-state index in [0.717, 1.165) is 17.3 Å². The number of benzene rings is 1. The Balaban J connectivity index is 2.05. The first-order chi connectivity index (χ1) is 8.81. The standard InChI is InChI=1S/C12H17N5S/c1-10(9-18-2)13-8-12-14-15-16-17(12)11-6-4-3-5-7-11/h3-7,10,13H,8-9H2,1-2H3. The molecule has 1 heterocycles. The van der Waals surface area contributed by atoms with Crippen molar-refractivity contribution in [2.75, 3.05) is 12.0 Å². The Labute approximate surface area is 111 Å². The molecule has 2 rings (SSSR count). The molecule has 1 N–H and O–H groups in total. The summed E-state index contributed by atoms with van der Waals surface area (Å²) in [5.74, 6) is 1.90. The number of nitrogens with zero attached hydrogens (tertiary/aromatic N) is 4. The van der Waals surface area contributed by atoms with Crippen LogP contribution in [0.5, 0.6) is 0 Å². The lowest BCUT2D eigenvalue weighted by atomic mass is 10.3. The van der Waals surface area contributed by atoms with E-state index in [4.69, 9.17) is 0 Å². The van der Waals surface area contributed by atoms with E-state index in [1.54, 1.807) is 4.68 Å². The van der Waals surface area contributed by atoms with Crippen molar-refractivity contribution in [3.05, 3.63) is 36.2 Å². The SMILES string of the molecule is CSCC(C)NCc1nnnn1-c1ccccc1. The van der Waals surface area contributed by atoms with Crippen LogP contribution in [-0.4, -0.2) is 38.3 Å². The highest BCUT2D eigenvalue weighted by molar-refractivity contribution is 7.98. The molecular weight excluding hydrogens is 246 g/mol. The van der Waals surface area contributed by atoms with Crippen molar-refractivity contribution >= 4 is 11.8 Å².